The van der Waals surface area contributed by atoms with Gasteiger partial charge in [0.25, 0.3) is 0 Å². The third-order valence-corrected chi connectivity index (χ3v) is 3.54. The zero-order valence-electron chi connectivity index (χ0n) is 11.5. The van der Waals surface area contributed by atoms with Crippen molar-refractivity contribution in [2.45, 2.75) is 34.6 Å². The number of fused-ring (bicyclic) bond motifs is 1. The lowest BCUT2D eigenvalue weighted by molar-refractivity contribution is -0.131. The van der Waals surface area contributed by atoms with Gasteiger partial charge in [-0.1, -0.05) is 18.2 Å². The Hall–Kier alpha value is -1.83. The predicted octanol–water partition coefficient (Wildman–Crippen LogP) is 4.00. The molecule has 0 saturated carbocycles. The van der Waals surface area contributed by atoms with Gasteiger partial charge in [-0.3, -0.25) is 4.79 Å². The maximum atomic E-state index is 11.2. The minimum atomic E-state index is -0.271. The fourth-order valence-electron chi connectivity index (χ4n) is 2.54. The van der Waals surface area contributed by atoms with Crippen LogP contribution in [-0.4, -0.2) is 5.97 Å². The number of carbonyl (C=O) groups excluding carboxylic acids is 1. The van der Waals surface area contributed by atoms with Gasteiger partial charge in [0.05, 0.1) is 0 Å². The largest absolute Gasteiger partial charge is 0.426 e. The Bertz CT molecular complexity index is 639. The molecule has 94 valence electrons. The lowest BCUT2D eigenvalue weighted by atomic mass is 9.93. The first-order valence-electron chi connectivity index (χ1n) is 6.11. The summed E-state index contributed by atoms with van der Waals surface area (Å²) in [5.74, 6) is 0.436. The van der Waals surface area contributed by atoms with Crippen LogP contribution >= 0.6 is 0 Å². The van der Waals surface area contributed by atoms with E-state index >= 15 is 0 Å². The van der Waals surface area contributed by atoms with Crippen LogP contribution in [0.25, 0.3) is 10.8 Å². The number of ether oxygens (including phenoxy) is 1. The minimum Gasteiger partial charge on any atom is -0.426 e. The van der Waals surface area contributed by atoms with E-state index in [-0.39, 0.29) is 5.97 Å². The maximum absolute atomic E-state index is 11.2. The van der Waals surface area contributed by atoms with Crippen LogP contribution in [-0.2, 0) is 4.79 Å². The minimum absolute atomic E-state index is 0.271. The molecule has 0 aromatic heterocycles. The summed E-state index contributed by atoms with van der Waals surface area (Å²) in [6.45, 7) is 9.64. The summed E-state index contributed by atoms with van der Waals surface area (Å²) in [7, 11) is 0. The molecule has 2 heteroatoms. The molecular formula is C16H18O2. The van der Waals surface area contributed by atoms with Gasteiger partial charge in [-0.15, -0.1) is 0 Å². The standard InChI is InChI=1S/C16H18O2/c1-9-7-6-8-14-12(4)16(18-13(5)17)11(3)10(2)15(9)14/h6-8H,1-5H3. The van der Waals surface area contributed by atoms with Crippen LogP contribution < -0.4 is 4.74 Å². The molecule has 2 nitrogen and oxygen atoms in total. The number of aryl methyl sites for hydroxylation is 3. The van der Waals surface area contributed by atoms with Crippen LogP contribution in [0.2, 0.25) is 0 Å². The van der Waals surface area contributed by atoms with E-state index in [0.717, 1.165) is 16.5 Å². The molecule has 0 amide bonds. The second-order valence-electron chi connectivity index (χ2n) is 4.80. The average Bonchev–Trinajstić information content (AvgIpc) is 2.31. The quantitative estimate of drug-likeness (QED) is 0.558. The van der Waals surface area contributed by atoms with Crippen LogP contribution in [0.3, 0.4) is 0 Å². The lowest BCUT2D eigenvalue weighted by Gasteiger charge is -2.17. The van der Waals surface area contributed by atoms with E-state index < -0.39 is 0 Å². The van der Waals surface area contributed by atoms with Gasteiger partial charge in [0.1, 0.15) is 5.75 Å². The van der Waals surface area contributed by atoms with Crippen molar-refractivity contribution in [3.63, 3.8) is 0 Å². The highest BCUT2D eigenvalue weighted by Gasteiger charge is 2.15. The molecule has 18 heavy (non-hydrogen) atoms. The number of benzene rings is 2. The smallest absolute Gasteiger partial charge is 0.308 e. The summed E-state index contributed by atoms with van der Waals surface area (Å²) in [6, 6.07) is 6.23. The van der Waals surface area contributed by atoms with E-state index in [2.05, 4.69) is 26.0 Å². The van der Waals surface area contributed by atoms with E-state index in [1.807, 2.05) is 19.9 Å². The van der Waals surface area contributed by atoms with Gasteiger partial charge in [-0.05, 0) is 60.7 Å². The zero-order chi connectivity index (χ0) is 13.4. The maximum Gasteiger partial charge on any atom is 0.308 e. The van der Waals surface area contributed by atoms with Crippen LogP contribution in [0.1, 0.15) is 29.2 Å². The number of esters is 1. The third-order valence-electron chi connectivity index (χ3n) is 3.54. The highest BCUT2D eigenvalue weighted by molar-refractivity contribution is 5.94. The molecule has 0 heterocycles. The zero-order valence-corrected chi connectivity index (χ0v) is 11.5. The molecule has 0 spiro atoms. The lowest BCUT2D eigenvalue weighted by Crippen LogP contribution is -2.06. The summed E-state index contributed by atoms with van der Waals surface area (Å²) in [6.07, 6.45) is 0. The van der Waals surface area contributed by atoms with Crippen molar-refractivity contribution in [1.82, 2.24) is 0 Å². The summed E-state index contributed by atoms with van der Waals surface area (Å²) < 4.78 is 5.37. The summed E-state index contributed by atoms with van der Waals surface area (Å²) in [5, 5.41) is 2.43. The summed E-state index contributed by atoms with van der Waals surface area (Å²) >= 11 is 0. The van der Waals surface area contributed by atoms with Crippen molar-refractivity contribution < 1.29 is 9.53 Å². The Balaban J connectivity index is 2.88. The molecule has 0 aliphatic heterocycles. The average molecular weight is 242 g/mol. The molecule has 0 radical (unpaired) electrons. The van der Waals surface area contributed by atoms with Crippen molar-refractivity contribution in [3.8, 4) is 5.75 Å². The van der Waals surface area contributed by atoms with E-state index in [1.54, 1.807) is 0 Å². The van der Waals surface area contributed by atoms with Gasteiger partial charge in [0.15, 0.2) is 0 Å². The van der Waals surface area contributed by atoms with Gasteiger partial charge in [0.2, 0.25) is 0 Å². The molecule has 0 N–H and O–H groups in total. The Morgan fingerprint density at radius 2 is 1.67 bits per heavy atom. The second kappa shape index (κ2) is 4.45. The molecule has 2 rings (SSSR count). The van der Waals surface area contributed by atoms with E-state index in [1.165, 1.54) is 23.4 Å². The predicted molar refractivity (Wildman–Crippen MR) is 74.2 cm³/mol. The van der Waals surface area contributed by atoms with Crippen molar-refractivity contribution in [3.05, 3.63) is 40.5 Å². The normalized spacial score (nSPS) is 10.7. The molecule has 2 aromatic carbocycles. The topological polar surface area (TPSA) is 26.3 Å². The van der Waals surface area contributed by atoms with E-state index in [9.17, 15) is 4.79 Å². The monoisotopic (exact) mass is 242 g/mol. The second-order valence-corrected chi connectivity index (χ2v) is 4.80. The Morgan fingerprint density at radius 3 is 2.28 bits per heavy atom. The molecule has 2 aromatic rings. The number of hydrogen-bond donors (Lipinski definition) is 0. The van der Waals surface area contributed by atoms with Crippen LogP contribution in [0, 0.1) is 27.7 Å². The molecule has 0 aliphatic rings. The molecule has 0 atom stereocenters. The van der Waals surface area contributed by atoms with Crippen LogP contribution in [0.4, 0.5) is 0 Å². The summed E-state index contributed by atoms with van der Waals surface area (Å²) in [4.78, 5) is 11.2. The van der Waals surface area contributed by atoms with Crippen molar-refractivity contribution in [1.29, 1.82) is 0 Å². The van der Waals surface area contributed by atoms with E-state index in [0.29, 0.717) is 5.75 Å². The molecule has 0 fully saturated rings. The highest BCUT2D eigenvalue weighted by atomic mass is 16.5. The number of carbonyl (C=O) groups is 1. The fraction of sp³-hybridized carbons (Fsp3) is 0.312. The van der Waals surface area contributed by atoms with Gasteiger partial charge >= 0.3 is 5.97 Å². The Morgan fingerprint density at radius 1 is 1.00 bits per heavy atom. The van der Waals surface area contributed by atoms with Gasteiger partial charge < -0.3 is 4.74 Å². The van der Waals surface area contributed by atoms with Crippen molar-refractivity contribution >= 4 is 16.7 Å². The molecule has 0 aliphatic carbocycles. The van der Waals surface area contributed by atoms with Crippen molar-refractivity contribution in [2.24, 2.45) is 0 Å². The Labute approximate surface area is 108 Å². The molecule has 0 unspecified atom stereocenters. The fourth-order valence-corrected chi connectivity index (χ4v) is 2.54. The van der Waals surface area contributed by atoms with Gasteiger partial charge in [-0.2, -0.15) is 0 Å². The van der Waals surface area contributed by atoms with Gasteiger partial charge in [-0.25, -0.2) is 0 Å². The van der Waals surface area contributed by atoms with Crippen LogP contribution in [0.5, 0.6) is 5.75 Å². The third kappa shape index (κ3) is 1.88. The molecule has 0 bridgehead atoms. The van der Waals surface area contributed by atoms with Gasteiger partial charge in [0, 0.05) is 6.92 Å². The highest BCUT2D eigenvalue weighted by Crippen LogP contribution is 2.36. The van der Waals surface area contributed by atoms with Crippen LogP contribution in [0.15, 0.2) is 18.2 Å². The van der Waals surface area contributed by atoms with E-state index in [4.69, 9.17) is 4.74 Å². The summed E-state index contributed by atoms with van der Waals surface area (Å²) in [5.41, 5.74) is 4.52. The number of hydrogen-bond acceptors (Lipinski definition) is 2. The van der Waals surface area contributed by atoms with Crippen molar-refractivity contribution in [2.75, 3.05) is 0 Å². The SMILES string of the molecule is CC(=O)Oc1c(C)c(C)c2c(C)cccc2c1C. The molecule has 0 saturated heterocycles. The first-order valence-corrected chi connectivity index (χ1v) is 6.11. The first kappa shape index (κ1) is 12.6. The number of rotatable bonds is 1. The molecular weight excluding hydrogens is 224 g/mol. The first-order chi connectivity index (χ1) is 8.43. The Kier molecular flexibility index (Phi) is 3.12.